The van der Waals surface area contributed by atoms with Crippen molar-refractivity contribution in [3.8, 4) is 0 Å². The molecule has 1 rings (SSSR count). The lowest BCUT2D eigenvalue weighted by atomic mass is 9.93. The lowest BCUT2D eigenvalue weighted by molar-refractivity contribution is -0.386. The first-order valence-electron chi connectivity index (χ1n) is 4.52. The summed E-state index contributed by atoms with van der Waals surface area (Å²) in [5.74, 6) is -2.56. The van der Waals surface area contributed by atoms with E-state index in [0.717, 1.165) is 0 Å². The first-order chi connectivity index (χ1) is 7.79. The maximum Gasteiger partial charge on any atom is 0.278 e. The Hall–Kier alpha value is -2.14. The number of nitro benzene ring substituents is 1. The molecule has 0 spiro atoms. The van der Waals surface area contributed by atoms with Gasteiger partial charge in [0.05, 0.1) is 22.1 Å². The molecule has 0 heterocycles. The van der Waals surface area contributed by atoms with E-state index in [0.29, 0.717) is 12.1 Å². The first kappa shape index (κ1) is 12.9. The predicted molar refractivity (Wildman–Crippen MR) is 54.2 cm³/mol. The number of rotatable bonds is 3. The third-order valence-corrected chi connectivity index (χ3v) is 2.22. The van der Waals surface area contributed by atoms with Crippen LogP contribution in [0.4, 0.5) is 14.5 Å². The number of nitro groups is 1. The second-order valence-electron chi connectivity index (χ2n) is 3.80. The fourth-order valence-electron chi connectivity index (χ4n) is 1.35. The van der Waals surface area contributed by atoms with Gasteiger partial charge in [0, 0.05) is 0 Å². The Morgan fingerprint density at radius 1 is 1.35 bits per heavy atom. The highest BCUT2D eigenvalue weighted by molar-refractivity contribution is 5.47. The molecule has 0 atom stereocenters. The van der Waals surface area contributed by atoms with E-state index in [2.05, 4.69) is 4.99 Å². The van der Waals surface area contributed by atoms with E-state index in [4.69, 9.17) is 0 Å². The largest absolute Gasteiger partial charge is 0.278 e. The van der Waals surface area contributed by atoms with Crippen molar-refractivity contribution < 1.29 is 18.5 Å². The molecule has 0 unspecified atom stereocenters. The Morgan fingerprint density at radius 2 is 1.88 bits per heavy atom. The summed E-state index contributed by atoms with van der Waals surface area (Å²) in [6, 6.07) is 1.13. The minimum Gasteiger partial charge on any atom is -0.258 e. The van der Waals surface area contributed by atoms with Gasteiger partial charge in [0.25, 0.3) is 5.69 Å². The van der Waals surface area contributed by atoms with Gasteiger partial charge in [0.1, 0.15) is 0 Å². The molecule has 0 aliphatic heterocycles. The summed E-state index contributed by atoms with van der Waals surface area (Å²) in [6.45, 7) is 2.72. The minimum atomic E-state index is -1.35. The van der Waals surface area contributed by atoms with Crippen molar-refractivity contribution >= 4 is 11.8 Å². The normalized spacial score (nSPS) is 10.8. The minimum absolute atomic E-state index is 0.190. The molecule has 7 heteroatoms. The van der Waals surface area contributed by atoms with Crippen LogP contribution in [0.2, 0.25) is 0 Å². The molecule has 0 aromatic heterocycles. The number of nitrogens with zero attached hydrogens (tertiary/aromatic N) is 2. The average molecular weight is 242 g/mol. The van der Waals surface area contributed by atoms with E-state index in [1.54, 1.807) is 0 Å². The molecule has 17 heavy (non-hydrogen) atoms. The molecular weight excluding hydrogens is 234 g/mol. The molecule has 0 aliphatic rings. The fourth-order valence-corrected chi connectivity index (χ4v) is 1.35. The molecule has 1 aromatic carbocycles. The zero-order chi connectivity index (χ0) is 13.2. The van der Waals surface area contributed by atoms with Crippen molar-refractivity contribution in [2.45, 2.75) is 19.4 Å². The Morgan fingerprint density at radius 3 is 2.35 bits per heavy atom. The van der Waals surface area contributed by atoms with Gasteiger partial charge in [0.15, 0.2) is 11.6 Å². The standard InChI is InChI=1S/C10H8F2N2O3/c1-10(2,13-5-15)6-3-7(11)8(12)4-9(6)14(16)17/h3-4H,1-2H3. The lowest BCUT2D eigenvalue weighted by Gasteiger charge is -2.17. The molecule has 0 aliphatic carbocycles. The van der Waals surface area contributed by atoms with Gasteiger partial charge < -0.3 is 0 Å². The second-order valence-corrected chi connectivity index (χ2v) is 3.80. The van der Waals surface area contributed by atoms with Gasteiger partial charge in [-0.1, -0.05) is 0 Å². The van der Waals surface area contributed by atoms with Crippen LogP contribution in [0.15, 0.2) is 17.1 Å². The van der Waals surface area contributed by atoms with Gasteiger partial charge in [-0.3, -0.25) is 10.1 Å². The van der Waals surface area contributed by atoms with Crippen LogP contribution in [0, 0.1) is 21.7 Å². The number of hydrogen-bond donors (Lipinski definition) is 0. The van der Waals surface area contributed by atoms with Crippen molar-refractivity contribution in [2.24, 2.45) is 4.99 Å². The second kappa shape index (κ2) is 4.39. The quantitative estimate of drug-likeness (QED) is 0.353. The summed E-state index contributed by atoms with van der Waals surface area (Å²) in [5, 5.41) is 10.7. The summed E-state index contributed by atoms with van der Waals surface area (Å²) in [6.07, 6.45) is 1.24. The van der Waals surface area contributed by atoms with E-state index >= 15 is 0 Å². The highest BCUT2D eigenvalue weighted by Crippen LogP contribution is 2.33. The summed E-state index contributed by atoms with van der Waals surface area (Å²) < 4.78 is 26.0. The monoisotopic (exact) mass is 242 g/mol. The number of hydrogen-bond acceptors (Lipinski definition) is 4. The Kier molecular flexibility index (Phi) is 3.34. The van der Waals surface area contributed by atoms with Crippen LogP contribution in [-0.4, -0.2) is 11.0 Å². The highest BCUT2D eigenvalue weighted by Gasteiger charge is 2.30. The molecule has 0 saturated carbocycles. The van der Waals surface area contributed by atoms with Gasteiger partial charge in [-0.15, -0.1) is 0 Å². The summed E-state index contributed by atoms with van der Waals surface area (Å²) in [7, 11) is 0. The average Bonchev–Trinajstić information content (AvgIpc) is 2.20. The SMILES string of the molecule is CC(C)(N=C=O)c1cc(F)c(F)cc1[N+](=O)[O-]. The molecule has 0 saturated heterocycles. The van der Waals surface area contributed by atoms with Crippen LogP contribution < -0.4 is 0 Å². The van der Waals surface area contributed by atoms with E-state index in [9.17, 15) is 23.7 Å². The van der Waals surface area contributed by atoms with Crippen LogP contribution in [0.3, 0.4) is 0 Å². The molecule has 0 N–H and O–H groups in total. The molecule has 0 bridgehead atoms. The summed E-state index contributed by atoms with van der Waals surface area (Å²) in [5.41, 5.74) is -2.17. The third kappa shape index (κ3) is 2.51. The molecule has 5 nitrogen and oxygen atoms in total. The summed E-state index contributed by atoms with van der Waals surface area (Å²) >= 11 is 0. The first-order valence-corrected chi connectivity index (χ1v) is 4.52. The van der Waals surface area contributed by atoms with Gasteiger partial charge >= 0.3 is 0 Å². The zero-order valence-electron chi connectivity index (χ0n) is 9.03. The molecule has 1 aromatic rings. The number of aliphatic imine (C=N–C) groups is 1. The van der Waals surface area contributed by atoms with Gasteiger partial charge in [-0.05, 0) is 19.9 Å². The smallest absolute Gasteiger partial charge is 0.258 e. The van der Waals surface area contributed by atoms with Gasteiger partial charge in [0.2, 0.25) is 6.08 Å². The third-order valence-electron chi connectivity index (χ3n) is 2.22. The number of isocyanates is 1. The molecule has 0 radical (unpaired) electrons. The molecule has 0 fully saturated rings. The van der Waals surface area contributed by atoms with Crippen LogP contribution in [0.1, 0.15) is 19.4 Å². The topological polar surface area (TPSA) is 72.6 Å². The van der Waals surface area contributed by atoms with Crippen molar-refractivity contribution in [1.82, 2.24) is 0 Å². The maximum atomic E-state index is 13.1. The van der Waals surface area contributed by atoms with E-state index in [1.807, 2.05) is 0 Å². The van der Waals surface area contributed by atoms with Crippen molar-refractivity contribution in [2.75, 3.05) is 0 Å². The Bertz CT molecular complexity index is 523. The van der Waals surface area contributed by atoms with Crippen LogP contribution in [0.25, 0.3) is 0 Å². The zero-order valence-corrected chi connectivity index (χ0v) is 9.03. The van der Waals surface area contributed by atoms with E-state index < -0.39 is 27.8 Å². The Balaban J connectivity index is 3.56. The summed E-state index contributed by atoms with van der Waals surface area (Å²) in [4.78, 5) is 23.4. The van der Waals surface area contributed by atoms with Crippen LogP contribution in [-0.2, 0) is 10.3 Å². The van der Waals surface area contributed by atoms with Crippen molar-refractivity contribution in [1.29, 1.82) is 0 Å². The number of carbonyl (C=O) groups excluding carboxylic acids is 1. The number of benzene rings is 1. The van der Waals surface area contributed by atoms with Crippen molar-refractivity contribution in [3.05, 3.63) is 39.4 Å². The van der Waals surface area contributed by atoms with E-state index in [-0.39, 0.29) is 5.56 Å². The van der Waals surface area contributed by atoms with E-state index in [1.165, 1.54) is 19.9 Å². The molecular formula is C10H8F2N2O3. The van der Waals surface area contributed by atoms with Crippen LogP contribution >= 0.6 is 0 Å². The van der Waals surface area contributed by atoms with Gasteiger partial charge in [-0.25, -0.2) is 13.6 Å². The predicted octanol–water partition coefficient (Wildman–Crippen LogP) is 2.44. The number of halogens is 2. The molecule has 90 valence electrons. The van der Waals surface area contributed by atoms with Crippen LogP contribution in [0.5, 0.6) is 0 Å². The molecule has 0 amide bonds. The lowest BCUT2D eigenvalue weighted by Crippen LogP contribution is -2.16. The Labute approximate surface area is 94.9 Å². The fraction of sp³-hybridized carbons (Fsp3) is 0.300. The maximum absolute atomic E-state index is 13.1. The highest BCUT2D eigenvalue weighted by atomic mass is 19.2. The van der Waals surface area contributed by atoms with Crippen molar-refractivity contribution in [3.63, 3.8) is 0 Å². The van der Waals surface area contributed by atoms with Gasteiger partial charge in [-0.2, -0.15) is 4.99 Å².